The number of hydrogen-bond donors (Lipinski definition) is 0. The van der Waals surface area contributed by atoms with Crippen LogP contribution in [0.15, 0.2) is 0 Å². The minimum Gasteiger partial charge on any atom is -0.209 e. The maximum absolute atomic E-state index is 12.1. The summed E-state index contributed by atoms with van der Waals surface area (Å²) in [5.74, 6) is 0. The molecule has 0 saturated carbocycles. The van der Waals surface area contributed by atoms with Crippen LogP contribution >= 0.6 is 0 Å². The van der Waals surface area contributed by atoms with Gasteiger partial charge >= 0.3 is 15.5 Å². The Morgan fingerprint density at radius 2 is 1.38 bits per heavy atom. The Morgan fingerprint density at radius 3 is 1.46 bits per heavy atom. The summed E-state index contributed by atoms with van der Waals surface area (Å²) in [5, 5.41) is 0. The zero-order chi connectivity index (χ0) is 11.1. The molecule has 0 aromatic rings. The first-order valence-corrected chi connectivity index (χ1v) is 5.67. The van der Waals surface area contributed by atoms with Crippen LogP contribution in [0, 0.1) is 0 Å². The first kappa shape index (κ1) is 12.6. The van der Waals surface area contributed by atoms with E-state index in [0.29, 0.717) is 0 Å². The molecule has 0 aromatic heterocycles. The van der Waals surface area contributed by atoms with Crippen molar-refractivity contribution in [2.75, 3.05) is 6.26 Å². The molecule has 0 spiro atoms. The van der Waals surface area contributed by atoms with Gasteiger partial charge in [0.1, 0.15) is 0 Å². The smallest absolute Gasteiger partial charge is 0.209 e. The van der Waals surface area contributed by atoms with Gasteiger partial charge in [0.25, 0.3) is 10.0 Å². The highest BCUT2D eigenvalue weighted by atomic mass is 32.3. The van der Waals surface area contributed by atoms with Crippen LogP contribution in [-0.4, -0.2) is 32.5 Å². The Morgan fingerprint density at radius 1 is 1.08 bits per heavy atom. The Kier molecular flexibility index (Phi) is 2.96. The summed E-state index contributed by atoms with van der Waals surface area (Å²) in [5.41, 5.74) is -5.98. The fourth-order valence-corrected chi connectivity index (χ4v) is 2.10. The van der Waals surface area contributed by atoms with Gasteiger partial charge < -0.3 is 0 Å². The molecule has 0 bridgehead atoms. The maximum atomic E-state index is 12.1. The predicted molar refractivity (Wildman–Crippen MR) is 32.8 cm³/mol. The van der Waals surface area contributed by atoms with Crippen LogP contribution in [0.4, 0.5) is 17.7 Å². The lowest BCUT2D eigenvalue weighted by Gasteiger charge is -2.11. The molecule has 0 radical (unpaired) electrons. The van der Waals surface area contributed by atoms with E-state index >= 15 is 0 Å². The number of hydrogen-bond acceptors (Lipinski definition) is 4. The number of sulfonamides is 2. The molecule has 0 aliphatic rings. The zero-order valence-electron chi connectivity index (χ0n) is 5.91. The van der Waals surface area contributed by atoms with E-state index in [4.69, 9.17) is 0 Å². The minimum absolute atomic E-state index is 0.0176. The van der Waals surface area contributed by atoms with Crippen LogP contribution in [0.5, 0.6) is 0 Å². The first-order valence-electron chi connectivity index (χ1n) is 2.38. The lowest BCUT2D eigenvalue weighted by molar-refractivity contribution is -0.0511. The molecule has 0 fully saturated rings. The fraction of sp³-hybridized carbons (Fsp3) is 1.00. The van der Waals surface area contributed by atoms with Gasteiger partial charge in [-0.1, -0.05) is 0 Å². The third-order valence-electron chi connectivity index (χ3n) is 0.742. The van der Waals surface area contributed by atoms with Crippen LogP contribution in [0.3, 0.4) is 0 Å². The second-order valence-electron chi connectivity index (χ2n) is 1.87. The van der Waals surface area contributed by atoms with Crippen LogP contribution < -0.4 is 0 Å². The second kappa shape index (κ2) is 3.06. The maximum Gasteiger partial charge on any atom is 0.515 e. The van der Waals surface area contributed by atoms with Gasteiger partial charge in [0.15, 0.2) is 0 Å². The average Bonchev–Trinajstić information content (AvgIpc) is 1.81. The van der Waals surface area contributed by atoms with Gasteiger partial charge in [-0.2, -0.15) is 21.6 Å². The number of alkyl halides is 3. The molecule has 0 aliphatic carbocycles. The van der Waals surface area contributed by atoms with Gasteiger partial charge in [-0.3, -0.25) is 0 Å². The van der Waals surface area contributed by atoms with Crippen molar-refractivity contribution in [1.82, 2.24) is 3.93 Å². The predicted octanol–water partition coefficient (Wildman–Crippen LogP) is -0.0179. The molecule has 5 nitrogen and oxygen atoms in total. The molecule has 0 aromatic carbocycles. The first-order chi connectivity index (χ1) is 5.40. The summed E-state index contributed by atoms with van der Waals surface area (Å²) in [6.07, 6.45) is -0.0176. The van der Waals surface area contributed by atoms with Crippen molar-refractivity contribution in [2.45, 2.75) is 5.51 Å². The third-order valence-corrected chi connectivity index (χ3v) is 3.63. The topological polar surface area (TPSA) is 71.5 Å². The van der Waals surface area contributed by atoms with E-state index in [9.17, 15) is 34.5 Å². The summed E-state index contributed by atoms with van der Waals surface area (Å²) >= 11 is 0. The van der Waals surface area contributed by atoms with Gasteiger partial charge in [0, 0.05) is 0 Å². The summed E-state index contributed by atoms with van der Waals surface area (Å²) in [4.78, 5) is 0. The third kappa shape index (κ3) is 2.51. The Labute approximate surface area is 71.0 Å². The normalized spacial score (nSPS) is 14.9. The van der Waals surface area contributed by atoms with Crippen molar-refractivity contribution in [3.8, 4) is 0 Å². The van der Waals surface area contributed by atoms with E-state index in [0.717, 1.165) is 0 Å². The minimum atomic E-state index is -6.46. The molecule has 0 heterocycles. The Hall–Kier alpha value is -0.420. The van der Waals surface area contributed by atoms with Crippen molar-refractivity contribution >= 4 is 20.0 Å². The van der Waals surface area contributed by atoms with Gasteiger partial charge in [-0.25, -0.2) is 8.42 Å². The molecule has 0 unspecified atom stereocenters. The largest absolute Gasteiger partial charge is 0.515 e. The molecular formula is C2H3F4NO4S2. The monoisotopic (exact) mass is 245 g/mol. The molecule has 0 rings (SSSR count). The lowest BCUT2D eigenvalue weighted by atomic mass is 11.6. The number of halogens is 4. The van der Waals surface area contributed by atoms with Crippen LogP contribution in [0.25, 0.3) is 0 Å². The van der Waals surface area contributed by atoms with Crippen molar-refractivity contribution in [1.29, 1.82) is 0 Å². The van der Waals surface area contributed by atoms with E-state index in [-0.39, 0.29) is 6.26 Å². The summed E-state index contributed by atoms with van der Waals surface area (Å²) in [6.45, 7) is 0. The summed E-state index contributed by atoms with van der Waals surface area (Å²) < 4.78 is 84.6. The highest BCUT2D eigenvalue weighted by Crippen LogP contribution is 2.28. The summed E-state index contributed by atoms with van der Waals surface area (Å²) in [7, 11) is -11.5. The van der Waals surface area contributed by atoms with E-state index in [1.165, 1.54) is 0 Å². The van der Waals surface area contributed by atoms with Crippen LogP contribution in [0.1, 0.15) is 0 Å². The molecule has 0 atom stereocenters. The Bertz CT molecular complexity index is 379. The SMILES string of the molecule is CS(=O)(=O)N(F)S(=O)(=O)C(F)(F)F. The van der Waals surface area contributed by atoms with Gasteiger partial charge in [-0.15, -0.1) is 4.48 Å². The fourth-order valence-electron chi connectivity index (χ4n) is 0.260. The van der Waals surface area contributed by atoms with Crippen LogP contribution in [0.2, 0.25) is 0 Å². The zero-order valence-corrected chi connectivity index (χ0v) is 7.54. The van der Waals surface area contributed by atoms with E-state index in [1.807, 2.05) is 0 Å². The number of nitrogens with zero attached hydrogens (tertiary/aromatic N) is 1. The van der Waals surface area contributed by atoms with E-state index < -0.39 is 29.5 Å². The highest BCUT2D eigenvalue weighted by molar-refractivity contribution is 8.03. The molecule has 0 amide bonds. The highest BCUT2D eigenvalue weighted by Gasteiger charge is 2.54. The van der Waals surface area contributed by atoms with Crippen molar-refractivity contribution < 1.29 is 34.5 Å². The quantitative estimate of drug-likeness (QED) is 0.506. The molecular weight excluding hydrogens is 242 g/mol. The van der Waals surface area contributed by atoms with Crippen molar-refractivity contribution in [3.05, 3.63) is 0 Å². The molecule has 13 heavy (non-hydrogen) atoms. The summed E-state index contributed by atoms with van der Waals surface area (Å²) in [6, 6.07) is 0. The number of rotatable bonds is 2. The van der Waals surface area contributed by atoms with E-state index in [1.54, 1.807) is 0 Å². The van der Waals surface area contributed by atoms with Gasteiger partial charge in [0.05, 0.1) is 10.2 Å². The average molecular weight is 245 g/mol. The Balaban J connectivity index is 5.37. The van der Waals surface area contributed by atoms with Gasteiger partial charge in [0.2, 0.25) is 0 Å². The van der Waals surface area contributed by atoms with E-state index in [2.05, 4.69) is 0 Å². The molecule has 0 aliphatic heterocycles. The van der Waals surface area contributed by atoms with Gasteiger partial charge in [-0.05, 0) is 0 Å². The van der Waals surface area contributed by atoms with Crippen molar-refractivity contribution in [2.24, 2.45) is 0 Å². The standard InChI is InChI=1S/C2H3F4NO4S2/c1-12(8,9)7(6)13(10,11)2(3,4)5/h1H3. The molecule has 80 valence electrons. The second-order valence-corrected chi connectivity index (χ2v) is 5.62. The van der Waals surface area contributed by atoms with Crippen LogP contribution in [-0.2, 0) is 20.0 Å². The lowest BCUT2D eigenvalue weighted by Crippen LogP contribution is -2.38. The van der Waals surface area contributed by atoms with Crippen molar-refractivity contribution in [3.63, 3.8) is 0 Å². The molecule has 0 saturated heterocycles. The molecule has 11 heteroatoms. The molecule has 0 N–H and O–H groups in total.